The summed E-state index contributed by atoms with van der Waals surface area (Å²) in [6.45, 7) is 8.60. The lowest BCUT2D eigenvalue weighted by atomic mass is 10.3. The van der Waals surface area contributed by atoms with Crippen molar-refractivity contribution in [2.75, 3.05) is 42.7 Å². The van der Waals surface area contributed by atoms with Gasteiger partial charge in [-0.3, -0.25) is 0 Å². The lowest BCUT2D eigenvalue weighted by molar-refractivity contribution is 0.265. The summed E-state index contributed by atoms with van der Waals surface area (Å²) >= 11 is 0. The maximum Gasteiger partial charge on any atom is 0.368 e. The van der Waals surface area contributed by atoms with Crippen molar-refractivity contribution < 1.29 is 26.6 Å². The highest BCUT2D eigenvalue weighted by Gasteiger charge is 2.39. The molecule has 3 aromatic rings. The molecular weight excluding hydrogens is 545 g/mol. The molecule has 10 heteroatoms. The van der Waals surface area contributed by atoms with E-state index in [1.807, 2.05) is 0 Å². The fraction of sp³-hybridized carbons (Fsp3) is 0.357. The van der Waals surface area contributed by atoms with Crippen LogP contribution >= 0.6 is 0 Å². The molecule has 0 aromatic heterocycles. The molecule has 3 rings (SSSR count). The molecule has 6 nitrogen and oxygen atoms in total. The van der Waals surface area contributed by atoms with Crippen LogP contribution in [0.2, 0.25) is 26.2 Å². The van der Waals surface area contributed by atoms with Crippen LogP contribution in [0.3, 0.4) is 0 Å². The summed E-state index contributed by atoms with van der Waals surface area (Å²) in [4.78, 5) is 0. The molecule has 3 aromatic carbocycles. The van der Waals surface area contributed by atoms with E-state index in [1.165, 1.54) is 15.6 Å². The Morgan fingerprint density at radius 1 is 0.316 bits per heavy atom. The topological polar surface area (TPSA) is 55.4 Å². The summed E-state index contributed by atoms with van der Waals surface area (Å²) in [6, 6.07) is 26.5. The Kier molecular flexibility index (Phi) is 9.90. The van der Waals surface area contributed by atoms with Gasteiger partial charge in [0.05, 0.1) is 0 Å². The van der Waals surface area contributed by atoms with Gasteiger partial charge in [-0.05, 0) is 50.8 Å². The third-order valence-electron chi connectivity index (χ3n) is 8.30. The second kappa shape index (κ2) is 12.2. The van der Waals surface area contributed by atoms with Crippen molar-refractivity contribution in [3.05, 3.63) is 72.8 Å². The molecule has 0 aliphatic rings. The second-order valence-corrected chi connectivity index (χ2v) is 23.8. The van der Waals surface area contributed by atoms with E-state index in [4.69, 9.17) is 26.6 Å². The molecule has 0 saturated heterocycles. The van der Waals surface area contributed by atoms with E-state index >= 15 is 0 Å². The van der Waals surface area contributed by atoms with E-state index in [0.29, 0.717) is 0 Å². The third kappa shape index (κ3) is 5.61. The molecule has 0 heterocycles. The van der Waals surface area contributed by atoms with E-state index < -0.39 is 33.8 Å². The Morgan fingerprint density at radius 2 is 0.474 bits per heavy atom. The van der Waals surface area contributed by atoms with Crippen molar-refractivity contribution in [3.63, 3.8) is 0 Å². The molecule has 0 saturated carbocycles. The van der Waals surface area contributed by atoms with Gasteiger partial charge in [0, 0.05) is 42.7 Å². The highest BCUT2D eigenvalue weighted by molar-refractivity contribution is 7.10. The number of hydrogen-bond donors (Lipinski definition) is 0. The van der Waals surface area contributed by atoms with Crippen LogP contribution in [0.4, 0.5) is 0 Å². The van der Waals surface area contributed by atoms with Gasteiger partial charge in [0.15, 0.2) is 0 Å². The molecule has 0 aliphatic heterocycles. The lowest BCUT2D eigenvalue weighted by Crippen LogP contribution is -2.65. The van der Waals surface area contributed by atoms with E-state index in [2.05, 4.69) is 99.0 Å². The van der Waals surface area contributed by atoms with Crippen molar-refractivity contribution >= 4 is 64.9 Å². The van der Waals surface area contributed by atoms with Crippen LogP contribution in [0, 0.1) is 0 Å². The Bertz CT molecular complexity index is 1020. The summed E-state index contributed by atoms with van der Waals surface area (Å²) in [5.74, 6) is 0. The minimum absolute atomic E-state index is 1.11. The van der Waals surface area contributed by atoms with Gasteiger partial charge in [-0.1, -0.05) is 79.3 Å². The Hall–Kier alpha value is -1.71. The maximum atomic E-state index is 5.79. The standard InChI is InChI=1S/C28H42O6Si4/c1-29-36(8,30-2)26-17-11-23(12-18-26)35(7,24-13-19-27(20-14-24)37(9,31-3)32-4)25-15-21-28(22-16-25)38(10,33-5)34-6/h11-22H,1-10H3. The average Bonchev–Trinajstić information content (AvgIpc) is 2.99. The third-order valence-corrected chi connectivity index (χ3v) is 21.6. The maximum absolute atomic E-state index is 5.79. The van der Waals surface area contributed by atoms with Crippen molar-refractivity contribution in [2.24, 2.45) is 0 Å². The Balaban J connectivity index is 2.17. The van der Waals surface area contributed by atoms with E-state index in [-0.39, 0.29) is 0 Å². The van der Waals surface area contributed by atoms with Gasteiger partial charge in [-0.25, -0.2) is 0 Å². The van der Waals surface area contributed by atoms with Crippen molar-refractivity contribution in [2.45, 2.75) is 26.2 Å². The minimum atomic E-state index is -2.42. The predicted octanol–water partition coefficient (Wildman–Crippen LogP) is 1.50. The molecule has 0 spiro atoms. The lowest BCUT2D eigenvalue weighted by Gasteiger charge is -2.32. The average molecular weight is 587 g/mol. The SMILES string of the molecule is CO[Si](C)(OC)c1ccc([Si](C)(c2ccc([Si](C)(OC)OC)cc2)c2ccc([Si](C)(OC)OC)cc2)cc1. The number of benzene rings is 3. The highest BCUT2D eigenvalue weighted by atomic mass is 28.4. The van der Waals surface area contributed by atoms with Gasteiger partial charge in [0.2, 0.25) is 0 Å². The molecule has 38 heavy (non-hydrogen) atoms. The summed E-state index contributed by atoms with van der Waals surface area (Å²) in [6.07, 6.45) is 0. The molecule has 0 amide bonds. The minimum Gasteiger partial charge on any atom is -0.394 e. The molecule has 0 atom stereocenters. The van der Waals surface area contributed by atoms with E-state index in [1.54, 1.807) is 42.7 Å². The molecule has 0 aliphatic carbocycles. The number of rotatable bonds is 12. The van der Waals surface area contributed by atoms with Gasteiger partial charge in [0.25, 0.3) is 0 Å². The summed E-state index contributed by atoms with van der Waals surface area (Å²) < 4.78 is 34.7. The van der Waals surface area contributed by atoms with Gasteiger partial charge in [0.1, 0.15) is 8.07 Å². The fourth-order valence-electron chi connectivity index (χ4n) is 4.78. The zero-order chi connectivity index (χ0) is 28.2. The second-order valence-electron chi connectivity index (χ2n) is 9.92. The normalized spacial score (nSPS) is 13.1. The van der Waals surface area contributed by atoms with Crippen molar-refractivity contribution in [1.29, 1.82) is 0 Å². The summed E-state index contributed by atoms with van der Waals surface area (Å²) in [5, 5.41) is 7.25. The van der Waals surface area contributed by atoms with Gasteiger partial charge < -0.3 is 26.6 Å². The quantitative estimate of drug-likeness (QED) is 0.237. The monoisotopic (exact) mass is 586 g/mol. The molecule has 0 N–H and O–H groups in total. The first kappa shape index (κ1) is 30.8. The smallest absolute Gasteiger partial charge is 0.368 e. The zero-order valence-corrected chi connectivity index (χ0v) is 28.4. The highest BCUT2D eigenvalue weighted by Crippen LogP contribution is 2.12. The van der Waals surface area contributed by atoms with Gasteiger partial charge in [-0.2, -0.15) is 0 Å². The molecule has 0 unspecified atom stereocenters. The molecule has 0 bridgehead atoms. The zero-order valence-electron chi connectivity index (χ0n) is 24.4. The van der Waals surface area contributed by atoms with Crippen molar-refractivity contribution in [3.8, 4) is 0 Å². The Morgan fingerprint density at radius 3 is 0.632 bits per heavy atom. The molecule has 206 valence electrons. The van der Waals surface area contributed by atoms with Crippen molar-refractivity contribution in [1.82, 2.24) is 0 Å². The van der Waals surface area contributed by atoms with Crippen LogP contribution in [-0.4, -0.2) is 76.4 Å². The van der Waals surface area contributed by atoms with Gasteiger partial charge >= 0.3 is 25.7 Å². The molecular formula is C28H42O6Si4. The van der Waals surface area contributed by atoms with Crippen LogP contribution in [0.15, 0.2) is 72.8 Å². The van der Waals surface area contributed by atoms with E-state index in [0.717, 1.165) is 15.6 Å². The predicted molar refractivity (Wildman–Crippen MR) is 166 cm³/mol. The van der Waals surface area contributed by atoms with Gasteiger partial charge in [-0.15, -0.1) is 0 Å². The number of hydrogen-bond acceptors (Lipinski definition) is 6. The first-order chi connectivity index (χ1) is 18.0. The fourth-order valence-corrected chi connectivity index (χ4v) is 12.5. The van der Waals surface area contributed by atoms with Crippen LogP contribution in [0.1, 0.15) is 0 Å². The first-order valence-electron chi connectivity index (χ1n) is 12.6. The first-order valence-corrected chi connectivity index (χ1v) is 22.1. The van der Waals surface area contributed by atoms with Crippen LogP contribution in [0.25, 0.3) is 0 Å². The largest absolute Gasteiger partial charge is 0.394 e. The molecule has 0 radical (unpaired) electrons. The molecule has 0 fully saturated rings. The van der Waals surface area contributed by atoms with Crippen LogP contribution in [0.5, 0.6) is 0 Å². The summed E-state index contributed by atoms with van der Waals surface area (Å²) in [7, 11) is 0.692. The van der Waals surface area contributed by atoms with Crippen LogP contribution < -0.4 is 31.1 Å². The van der Waals surface area contributed by atoms with E-state index in [9.17, 15) is 0 Å². The Labute approximate surface area is 232 Å². The van der Waals surface area contributed by atoms with Crippen LogP contribution in [-0.2, 0) is 26.6 Å². The summed E-state index contributed by atoms with van der Waals surface area (Å²) in [5.41, 5.74) is 0.